The van der Waals surface area contributed by atoms with Crippen LogP contribution in [0.1, 0.15) is 44.4 Å². The Balaban J connectivity index is 1.80. The van der Waals surface area contributed by atoms with Gasteiger partial charge in [-0.25, -0.2) is 9.37 Å². The SMILES string of the molecule is CC(=O)CC(NC(C)C)c1ccc2c(c1)nc(-c1ccc(N(CCO)CCO)cc1)n2Cc1ccc(F)c(Cl)c1. The summed E-state index contributed by atoms with van der Waals surface area (Å²) in [7, 11) is 0. The molecule has 40 heavy (non-hydrogen) atoms. The number of benzene rings is 3. The molecule has 0 saturated heterocycles. The highest BCUT2D eigenvalue weighted by molar-refractivity contribution is 6.30. The number of nitrogens with one attached hydrogen (secondary N) is 1. The Morgan fingerprint density at radius 3 is 2.35 bits per heavy atom. The number of fused-ring (bicyclic) bond motifs is 1. The molecule has 0 bridgehead atoms. The minimum Gasteiger partial charge on any atom is -0.395 e. The van der Waals surface area contributed by atoms with E-state index in [1.54, 1.807) is 19.1 Å². The summed E-state index contributed by atoms with van der Waals surface area (Å²) in [6.45, 7) is 6.93. The van der Waals surface area contributed by atoms with Crippen molar-refractivity contribution in [3.63, 3.8) is 0 Å². The molecule has 0 aliphatic carbocycles. The number of aliphatic hydroxyl groups excluding tert-OH is 2. The number of halogens is 2. The maximum absolute atomic E-state index is 13.9. The van der Waals surface area contributed by atoms with Gasteiger partial charge in [-0.15, -0.1) is 0 Å². The summed E-state index contributed by atoms with van der Waals surface area (Å²) in [5.41, 5.74) is 5.26. The highest BCUT2D eigenvalue weighted by atomic mass is 35.5. The molecule has 0 aliphatic rings. The zero-order chi connectivity index (χ0) is 28.8. The second-order valence-corrected chi connectivity index (χ2v) is 10.7. The number of carbonyl (C=O) groups is 1. The highest BCUT2D eigenvalue weighted by Gasteiger charge is 2.19. The van der Waals surface area contributed by atoms with Crippen molar-refractivity contribution < 1.29 is 19.4 Å². The average molecular weight is 567 g/mol. The van der Waals surface area contributed by atoms with Crippen LogP contribution < -0.4 is 10.2 Å². The van der Waals surface area contributed by atoms with Crippen molar-refractivity contribution in [2.75, 3.05) is 31.2 Å². The monoisotopic (exact) mass is 566 g/mol. The van der Waals surface area contributed by atoms with Crippen molar-refractivity contribution in [2.45, 2.75) is 45.8 Å². The van der Waals surface area contributed by atoms with E-state index in [0.29, 0.717) is 26.1 Å². The van der Waals surface area contributed by atoms with Gasteiger partial charge in [0.15, 0.2) is 0 Å². The van der Waals surface area contributed by atoms with E-state index in [-0.39, 0.29) is 36.1 Å². The summed E-state index contributed by atoms with van der Waals surface area (Å²) in [6, 6.07) is 18.7. The first-order valence-electron chi connectivity index (χ1n) is 13.5. The number of carbonyl (C=O) groups excluding carboxylic acids is 1. The molecule has 0 spiro atoms. The number of aromatic nitrogens is 2. The van der Waals surface area contributed by atoms with E-state index in [1.165, 1.54) is 6.07 Å². The van der Waals surface area contributed by atoms with Gasteiger partial charge in [0.05, 0.1) is 29.3 Å². The van der Waals surface area contributed by atoms with Crippen LogP contribution in [0.3, 0.4) is 0 Å². The van der Waals surface area contributed by atoms with Crippen molar-refractivity contribution in [2.24, 2.45) is 0 Å². The fraction of sp³-hybridized carbons (Fsp3) is 0.355. The molecule has 0 radical (unpaired) electrons. The quantitative estimate of drug-likeness (QED) is 0.202. The molecule has 1 aromatic heterocycles. The van der Waals surface area contributed by atoms with Crippen LogP contribution in [-0.4, -0.2) is 57.9 Å². The van der Waals surface area contributed by atoms with E-state index < -0.39 is 5.82 Å². The maximum atomic E-state index is 13.9. The van der Waals surface area contributed by atoms with Crippen molar-refractivity contribution in [1.82, 2.24) is 14.9 Å². The van der Waals surface area contributed by atoms with E-state index in [9.17, 15) is 19.4 Å². The van der Waals surface area contributed by atoms with Crippen LogP contribution in [0.5, 0.6) is 0 Å². The molecule has 0 saturated carbocycles. The normalized spacial score (nSPS) is 12.3. The van der Waals surface area contributed by atoms with Crippen LogP contribution in [0.15, 0.2) is 60.7 Å². The summed E-state index contributed by atoms with van der Waals surface area (Å²) in [5, 5.41) is 22.4. The van der Waals surface area contributed by atoms with Gasteiger partial charge in [0.25, 0.3) is 0 Å². The number of Topliss-reactive ketones (excluding diaryl/α,β-unsaturated/α-hetero) is 1. The topological polar surface area (TPSA) is 90.6 Å². The van der Waals surface area contributed by atoms with Gasteiger partial charge in [-0.05, 0) is 66.6 Å². The van der Waals surface area contributed by atoms with Gasteiger partial charge in [0.2, 0.25) is 0 Å². The summed E-state index contributed by atoms with van der Waals surface area (Å²) in [4.78, 5) is 18.9. The molecule has 1 heterocycles. The lowest BCUT2D eigenvalue weighted by molar-refractivity contribution is -0.117. The number of hydrogen-bond acceptors (Lipinski definition) is 6. The Labute approximate surface area is 239 Å². The third-order valence-corrected chi connectivity index (χ3v) is 7.05. The van der Waals surface area contributed by atoms with Crippen molar-refractivity contribution >= 4 is 34.1 Å². The third-order valence-electron chi connectivity index (χ3n) is 6.76. The molecular formula is C31H36ClFN4O3. The Bertz CT molecular complexity index is 1450. The standard InChI is InChI=1S/C31H36ClFN4O3/c1-20(2)34-28(16-21(3)40)24-7-11-30-29(18-24)35-31(37(30)19-22-4-10-27(33)26(32)17-22)23-5-8-25(9-6-23)36(12-14-38)13-15-39/h4-11,17-18,20,28,34,38-39H,12-16,19H2,1-3H3. The first-order chi connectivity index (χ1) is 19.2. The summed E-state index contributed by atoms with van der Waals surface area (Å²) >= 11 is 6.09. The van der Waals surface area contributed by atoms with Crippen LogP contribution in [0.4, 0.5) is 10.1 Å². The molecule has 3 N–H and O–H groups in total. The summed E-state index contributed by atoms with van der Waals surface area (Å²) in [6.07, 6.45) is 0.380. The Morgan fingerprint density at radius 1 is 1.05 bits per heavy atom. The molecule has 0 fully saturated rings. The van der Waals surface area contributed by atoms with Crippen LogP contribution in [0.2, 0.25) is 5.02 Å². The predicted octanol–water partition coefficient (Wildman–Crippen LogP) is 5.35. The van der Waals surface area contributed by atoms with E-state index >= 15 is 0 Å². The average Bonchev–Trinajstić information content (AvgIpc) is 3.27. The molecular weight excluding hydrogens is 531 g/mol. The fourth-order valence-electron chi connectivity index (χ4n) is 4.96. The zero-order valence-electron chi connectivity index (χ0n) is 23.1. The number of nitrogens with zero attached hydrogens (tertiary/aromatic N) is 3. The number of ketones is 1. The lowest BCUT2D eigenvalue weighted by Crippen LogP contribution is -2.29. The molecule has 9 heteroatoms. The third kappa shape index (κ3) is 7.06. The second-order valence-electron chi connectivity index (χ2n) is 10.3. The largest absolute Gasteiger partial charge is 0.395 e. The minimum absolute atomic E-state index is 0.0175. The fourth-order valence-corrected chi connectivity index (χ4v) is 5.16. The van der Waals surface area contributed by atoms with Gasteiger partial charge in [-0.3, -0.25) is 4.79 Å². The number of aliphatic hydroxyl groups is 2. The molecule has 212 valence electrons. The second kappa shape index (κ2) is 13.4. The minimum atomic E-state index is -0.467. The molecule has 4 rings (SSSR count). The number of imidazole rings is 1. The number of rotatable bonds is 13. The van der Waals surface area contributed by atoms with Crippen LogP contribution in [0.25, 0.3) is 22.4 Å². The zero-order valence-corrected chi connectivity index (χ0v) is 23.8. The molecule has 0 amide bonds. The highest BCUT2D eigenvalue weighted by Crippen LogP contribution is 2.31. The van der Waals surface area contributed by atoms with Gasteiger partial charge >= 0.3 is 0 Å². The predicted molar refractivity (Wildman–Crippen MR) is 158 cm³/mol. The van der Waals surface area contributed by atoms with Crippen LogP contribution in [0, 0.1) is 5.82 Å². The number of anilines is 1. The van der Waals surface area contributed by atoms with Crippen molar-refractivity contribution in [1.29, 1.82) is 0 Å². The lowest BCUT2D eigenvalue weighted by Gasteiger charge is -2.23. The van der Waals surface area contributed by atoms with E-state index in [2.05, 4.69) is 23.7 Å². The molecule has 4 aromatic rings. The maximum Gasteiger partial charge on any atom is 0.141 e. The molecule has 3 aromatic carbocycles. The van der Waals surface area contributed by atoms with Crippen LogP contribution in [-0.2, 0) is 11.3 Å². The molecule has 7 nitrogen and oxygen atoms in total. The smallest absolute Gasteiger partial charge is 0.141 e. The van der Waals surface area contributed by atoms with E-state index in [1.807, 2.05) is 47.4 Å². The van der Waals surface area contributed by atoms with Gasteiger partial charge in [-0.2, -0.15) is 0 Å². The summed E-state index contributed by atoms with van der Waals surface area (Å²) in [5.74, 6) is 0.370. The van der Waals surface area contributed by atoms with Gasteiger partial charge < -0.3 is 25.0 Å². The molecule has 0 aliphatic heterocycles. The Kier molecular flexibility index (Phi) is 9.92. The van der Waals surface area contributed by atoms with E-state index in [4.69, 9.17) is 16.6 Å². The molecule has 1 unspecified atom stereocenters. The van der Waals surface area contributed by atoms with Crippen molar-refractivity contribution in [3.8, 4) is 11.4 Å². The lowest BCUT2D eigenvalue weighted by atomic mass is 10.0. The van der Waals surface area contributed by atoms with Gasteiger partial charge in [0.1, 0.15) is 17.4 Å². The summed E-state index contributed by atoms with van der Waals surface area (Å²) < 4.78 is 15.9. The number of hydrogen-bond donors (Lipinski definition) is 3. The first kappa shape index (κ1) is 29.7. The Morgan fingerprint density at radius 2 is 1.75 bits per heavy atom. The van der Waals surface area contributed by atoms with Crippen molar-refractivity contribution in [3.05, 3.63) is 82.6 Å². The Hall–Kier alpha value is -3.30. The first-order valence-corrected chi connectivity index (χ1v) is 13.8. The van der Waals surface area contributed by atoms with Gasteiger partial charge in [0, 0.05) is 49.4 Å². The van der Waals surface area contributed by atoms with Crippen LogP contribution >= 0.6 is 11.6 Å². The van der Waals surface area contributed by atoms with E-state index in [0.717, 1.165) is 39.2 Å². The molecule has 1 atom stereocenters. The van der Waals surface area contributed by atoms with Gasteiger partial charge in [-0.1, -0.05) is 37.6 Å².